The first kappa shape index (κ1) is 15.4. The maximum atomic E-state index is 12.8. The largest absolute Gasteiger partial charge is 0.451 e. The molecule has 0 aromatic heterocycles. The van der Waals surface area contributed by atoms with E-state index >= 15 is 0 Å². The normalized spacial score (nSPS) is 11.3. The van der Waals surface area contributed by atoms with E-state index in [4.69, 9.17) is 10.00 Å². The van der Waals surface area contributed by atoms with Crippen molar-refractivity contribution in [2.24, 2.45) is 0 Å². The highest BCUT2D eigenvalue weighted by atomic mass is 19.1. The van der Waals surface area contributed by atoms with E-state index in [1.165, 1.54) is 31.2 Å². The average molecular weight is 297 g/mol. The number of hydrogen-bond acceptors (Lipinski definition) is 4. The molecule has 2 aromatic carbocycles. The third kappa shape index (κ3) is 3.55. The minimum atomic E-state index is -1.01. The van der Waals surface area contributed by atoms with Gasteiger partial charge in [-0.1, -0.05) is 6.07 Å². The molecular weight excluding hydrogens is 285 g/mol. The molecule has 0 bridgehead atoms. The second kappa shape index (κ2) is 6.64. The van der Waals surface area contributed by atoms with Gasteiger partial charge in [-0.2, -0.15) is 5.26 Å². The van der Waals surface area contributed by atoms with Crippen LogP contribution in [-0.4, -0.2) is 17.9 Å². The van der Waals surface area contributed by atoms with Crippen LogP contribution in [0, 0.1) is 17.1 Å². The summed E-state index contributed by atoms with van der Waals surface area (Å²) in [6, 6.07) is 12.9. The van der Waals surface area contributed by atoms with Gasteiger partial charge < -0.3 is 4.74 Å². The SMILES string of the molecule is CC(OC(=O)c1cccc(C#N)c1)C(=O)c1ccc(F)cc1. The van der Waals surface area contributed by atoms with Crippen LogP contribution in [0.3, 0.4) is 0 Å². The summed E-state index contributed by atoms with van der Waals surface area (Å²) in [5, 5.41) is 8.80. The summed E-state index contributed by atoms with van der Waals surface area (Å²) in [6.45, 7) is 1.44. The van der Waals surface area contributed by atoms with Crippen molar-refractivity contribution in [2.75, 3.05) is 0 Å². The molecular formula is C17H12FNO3. The van der Waals surface area contributed by atoms with Gasteiger partial charge >= 0.3 is 5.97 Å². The van der Waals surface area contributed by atoms with E-state index in [2.05, 4.69) is 0 Å². The summed E-state index contributed by atoms with van der Waals surface area (Å²) in [4.78, 5) is 24.1. The van der Waals surface area contributed by atoms with E-state index in [1.54, 1.807) is 12.1 Å². The molecule has 0 spiro atoms. The molecule has 22 heavy (non-hydrogen) atoms. The van der Waals surface area contributed by atoms with Crippen molar-refractivity contribution in [1.82, 2.24) is 0 Å². The Labute approximate surface area is 126 Å². The molecule has 0 amide bonds. The van der Waals surface area contributed by atoms with Crippen molar-refractivity contribution in [1.29, 1.82) is 5.26 Å². The molecule has 2 aromatic rings. The lowest BCUT2D eigenvalue weighted by atomic mass is 10.1. The first-order valence-corrected chi connectivity index (χ1v) is 6.52. The predicted molar refractivity (Wildman–Crippen MR) is 76.8 cm³/mol. The molecule has 0 saturated carbocycles. The molecule has 0 heterocycles. The Hall–Kier alpha value is -3.00. The number of ether oxygens (including phenoxy) is 1. The highest BCUT2D eigenvalue weighted by Gasteiger charge is 2.20. The zero-order valence-corrected chi connectivity index (χ0v) is 11.7. The summed E-state index contributed by atoms with van der Waals surface area (Å²) < 4.78 is 17.9. The Kier molecular flexibility index (Phi) is 4.64. The molecule has 4 nitrogen and oxygen atoms in total. The second-order valence-electron chi connectivity index (χ2n) is 4.61. The summed E-state index contributed by atoms with van der Waals surface area (Å²) in [5.41, 5.74) is 0.775. The maximum Gasteiger partial charge on any atom is 0.338 e. The fourth-order valence-electron chi connectivity index (χ4n) is 1.85. The van der Waals surface area contributed by atoms with Crippen molar-refractivity contribution in [3.8, 4) is 6.07 Å². The molecule has 0 aliphatic rings. The molecule has 1 unspecified atom stereocenters. The monoisotopic (exact) mass is 297 g/mol. The number of hydrogen-bond donors (Lipinski definition) is 0. The topological polar surface area (TPSA) is 67.2 Å². The van der Waals surface area contributed by atoms with Crippen molar-refractivity contribution in [3.05, 3.63) is 71.0 Å². The maximum absolute atomic E-state index is 12.8. The van der Waals surface area contributed by atoms with Crippen LogP contribution in [0.25, 0.3) is 0 Å². The zero-order chi connectivity index (χ0) is 16.1. The van der Waals surface area contributed by atoms with E-state index in [0.717, 1.165) is 12.1 Å². The van der Waals surface area contributed by atoms with Gasteiger partial charge in [0.05, 0.1) is 17.2 Å². The Morgan fingerprint density at radius 3 is 2.45 bits per heavy atom. The Bertz CT molecular complexity index is 747. The minimum Gasteiger partial charge on any atom is -0.451 e. The molecule has 1 atom stereocenters. The van der Waals surface area contributed by atoms with Crippen LogP contribution in [0.5, 0.6) is 0 Å². The number of nitrogens with zero attached hydrogens (tertiary/aromatic N) is 1. The van der Waals surface area contributed by atoms with Crippen LogP contribution < -0.4 is 0 Å². The number of Topliss-reactive ketones (excluding diaryl/α,β-unsaturated/α-hetero) is 1. The second-order valence-corrected chi connectivity index (χ2v) is 4.61. The van der Waals surface area contributed by atoms with E-state index in [-0.39, 0.29) is 11.1 Å². The smallest absolute Gasteiger partial charge is 0.338 e. The van der Waals surface area contributed by atoms with Gasteiger partial charge in [0.25, 0.3) is 0 Å². The van der Waals surface area contributed by atoms with Gasteiger partial charge in [-0.3, -0.25) is 4.79 Å². The van der Waals surface area contributed by atoms with Crippen LogP contribution >= 0.6 is 0 Å². The third-order valence-corrected chi connectivity index (χ3v) is 3.01. The van der Waals surface area contributed by atoms with Gasteiger partial charge in [0.15, 0.2) is 6.10 Å². The van der Waals surface area contributed by atoms with Crippen LogP contribution in [-0.2, 0) is 4.74 Å². The van der Waals surface area contributed by atoms with E-state index in [0.29, 0.717) is 5.56 Å². The molecule has 0 saturated heterocycles. The number of ketones is 1. The van der Waals surface area contributed by atoms with Gasteiger partial charge in [0, 0.05) is 5.56 Å². The van der Waals surface area contributed by atoms with Gasteiger partial charge in [-0.15, -0.1) is 0 Å². The lowest BCUT2D eigenvalue weighted by Gasteiger charge is -2.12. The highest BCUT2D eigenvalue weighted by Crippen LogP contribution is 2.11. The van der Waals surface area contributed by atoms with Crippen molar-refractivity contribution in [2.45, 2.75) is 13.0 Å². The molecule has 0 aliphatic carbocycles. The predicted octanol–water partition coefficient (Wildman–Crippen LogP) is 3.13. The van der Waals surface area contributed by atoms with Crippen LogP contribution in [0.1, 0.15) is 33.2 Å². The number of esters is 1. The number of carbonyl (C=O) groups excluding carboxylic acids is 2. The van der Waals surface area contributed by atoms with Gasteiger partial charge in [0.1, 0.15) is 5.82 Å². The number of nitriles is 1. The first-order chi connectivity index (χ1) is 10.5. The first-order valence-electron chi connectivity index (χ1n) is 6.52. The quantitative estimate of drug-likeness (QED) is 0.642. The Balaban J connectivity index is 2.09. The van der Waals surface area contributed by atoms with Gasteiger partial charge in [0.2, 0.25) is 5.78 Å². The summed E-state index contributed by atoms with van der Waals surface area (Å²) >= 11 is 0. The number of benzene rings is 2. The fourth-order valence-corrected chi connectivity index (χ4v) is 1.85. The Morgan fingerprint density at radius 1 is 1.14 bits per heavy atom. The lowest BCUT2D eigenvalue weighted by molar-refractivity contribution is 0.0318. The number of halogens is 1. The molecule has 0 aliphatic heterocycles. The molecule has 2 rings (SSSR count). The van der Waals surface area contributed by atoms with Gasteiger partial charge in [-0.05, 0) is 49.4 Å². The van der Waals surface area contributed by atoms with Crippen LogP contribution in [0.15, 0.2) is 48.5 Å². The zero-order valence-electron chi connectivity index (χ0n) is 11.7. The van der Waals surface area contributed by atoms with E-state index in [9.17, 15) is 14.0 Å². The summed E-state index contributed by atoms with van der Waals surface area (Å²) in [7, 11) is 0. The molecule has 110 valence electrons. The van der Waals surface area contributed by atoms with E-state index in [1.807, 2.05) is 6.07 Å². The molecule has 5 heteroatoms. The standard InChI is InChI=1S/C17H12FNO3/c1-11(16(20)13-5-7-15(18)8-6-13)22-17(21)14-4-2-3-12(9-14)10-19/h2-9,11H,1H3. The highest BCUT2D eigenvalue weighted by molar-refractivity contribution is 6.01. The summed E-state index contributed by atoms with van der Waals surface area (Å²) in [5.74, 6) is -1.57. The van der Waals surface area contributed by atoms with Crippen LogP contribution in [0.2, 0.25) is 0 Å². The molecule has 0 radical (unpaired) electrons. The molecule has 0 N–H and O–H groups in total. The fraction of sp³-hybridized carbons (Fsp3) is 0.118. The van der Waals surface area contributed by atoms with Crippen LogP contribution in [0.4, 0.5) is 4.39 Å². The lowest BCUT2D eigenvalue weighted by Crippen LogP contribution is -2.24. The average Bonchev–Trinajstić information content (AvgIpc) is 2.54. The third-order valence-electron chi connectivity index (χ3n) is 3.01. The number of carbonyl (C=O) groups is 2. The summed E-state index contributed by atoms with van der Waals surface area (Å²) in [6.07, 6.45) is -1.01. The minimum absolute atomic E-state index is 0.192. The number of rotatable bonds is 4. The van der Waals surface area contributed by atoms with Crippen molar-refractivity contribution >= 4 is 11.8 Å². The Morgan fingerprint density at radius 2 is 1.82 bits per heavy atom. The molecule has 0 fully saturated rings. The van der Waals surface area contributed by atoms with Crippen molar-refractivity contribution < 1.29 is 18.7 Å². The van der Waals surface area contributed by atoms with Gasteiger partial charge in [-0.25, -0.2) is 9.18 Å². The van der Waals surface area contributed by atoms with Crippen molar-refractivity contribution in [3.63, 3.8) is 0 Å². The van der Waals surface area contributed by atoms with E-state index < -0.39 is 23.7 Å².